The summed E-state index contributed by atoms with van der Waals surface area (Å²) in [7, 11) is 0. The summed E-state index contributed by atoms with van der Waals surface area (Å²) in [6.07, 6.45) is 0. The van der Waals surface area contributed by atoms with Crippen molar-refractivity contribution in [3.63, 3.8) is 0 Å². The molecule has 0 unspecified atom stereocenters. The van der Waals surface area contributed by atoms with Gasteiger partial charge in [-0.1, -0.05) is 30.3 Å². The van der Waals surface area contributed by atoms with E-state index < -0.39 is 17.2 Å². The zero-order valence-electron chi connectivity index (χ0n) is 16.1. The second-order valence-electron chi connectivity index (χ2n) is 6.64. The molecule has 4 aromatic rings. The smallest absolute Gasteiger partial charge is 0.261 e. The van der Waals surface area contributed by atoms with Gasteiger partial charge in [-0.05, 0) is 25.1 Å². The highest BCUT2D eigenvalue weighted by atomic mass is 19.1. The summed E-state index contributed by atoms with van der Waals surface area (Å²) < 4.78 is 14.7. The largest absolute Gasteiger partial charge is 0.321 e. The Morgan fingerprint density at radius 1 is 1.16 bits per heavy atom. The number of imidazole rings is 1. The number of benzene rings is 2. The van der Waals surface area contributed by atoms with Gasteiger partial charge in [0.15, 0.2) is 5.69 Å². The summed E-state index contributed by atoms with van der Waals surface area (Å²) in [4.78, 5) is 30.1. The minimum absolute atomic E-state index is 0.0295. The van der Waals surface area contributed by atoms with E-state index in [1.54, 1.807) is 30.3 Å². The molecule has 0 fully saturated rings. The maximum Gasteiger partial charge on any atom is 0.261 e. The second-order valence-corrected chi connectivity index (χ2v) is 6.64. The van der Waals surface area contributed by atoms with Crippen molar-refractivity contribution in [3.8, 4) is 23.4 Å². The highest BCUT2D eigenvalue weighted by molar-refractivity contribution is 6.06. The summed E-state index contributed by atoms with van der Waals surface area (Å²) in [6, 6.07) is 16.0. The number of carbonyl (C=O) groups is 1. The minimum Gasteiger partial charge on any atom is -0.321 e. The van der Waals surface area contributed by atoms with Crippen LogP contribution in [-0.2, 0) is 0 Å². The number of nitrogens with one attached hydrogen (secondary N) is 2. The summed E-state index contributed by atoms with van der Waals surface area (Å²) in [6.45, 7) is 1.53. The molecule has 0 spiro atoms. The van der Waals surface area contributed by atoms with E-state index in [0.717, 1.165) is 12.1 Å². The van der Waals surface area contributed by atoms with E-state index in [-0.39, 0.29) is 33.8 Å². The van der Waals surface area contributed by atoms with Gasteiger partial charge < -0.3 is 5.32 Å². The molecular formula is C22H13FN6O2. The maximum absolute atomic E-state index is 13.4. The SMILES string of the molecule is Cc1[nH]n2c(-c3ccccc3)c(C#N)nc2c(=O)c1C(=O)Nc1ccc(F)cc1C#N. The average Bonchev–Trinajstić information content (AvgIpc) is 3.14. The van der Waals surface area contributed by atoms with Crippen LogP contribution in [0.25, 0.3) is 16.9 Å². The van der Waals surface area contributed by atoms with Gasteiger partial charge >= 0.3 is 0 Å². The number of hydrogen-bond acceptors (Lipinski definition) is 5. The number of aromatic amines is 1. The van der Waals surface area contributed by atoms with Gasteiger partial charge in [-0.15, -0.1) is 0 Å². The predicted octanol–water partition coefficient (Wildman–Crippen LogP) is 3.13. The van der Waals surface area contributed by atoms with E-state index in [4.69, 9.17) is 5.26 Å². The van der Waals surface area contributed by atoms with Gasteiger partial charge in [-0.25, -0.2) is 13.9 Å². The monoisotopic (exact) mass is 412 g/mol. The minimum atomic E-state index is -0.785. The number of aromatic nitrogens is 3. The Hall–Kier alpha value is -4.76. The van der Waals surface area contributed by atoms with Crippen LogP contribution in [0, 0.1) is 35.4 Å². The molecule has 0 aliphatic heterocycles. The third-order valence-corrected chi connectivity index (χ3v) is 4.69. The van der Waals surface area contributed by atoms with Gasteiger partial charge in [0.25, 0.3) is 5.91 Å². The summed E-state index contributed by atoms with van der Waals surface area (Å²) >= 11 is 0. The van der Waals surface area contributed by atoms with E-state index in [2.05, 4.69) is 15.4 Å². The fraction of sp³-hybridized carbons (Fsp3) is 0.0455. The molecule has 2 aromatic heterocycles. The molecule has 0 bridgehead atoms. The van der Waals surface area contributed by atoms with E-state index in [1.165, 1.54) is 17.5 Å². The van der Waals surface area contributed by atoms with Crippen LogP contribution in [0.5, 0.6) is 0 Å². The standard InChI is InChI=1S/C22H13FN6O2/c1-12-18(22(31)27-16-8-7-15(23)9-14(16)10-24)20(30)21-26-17(11-25)19(29(21)28-12)13-5-3-2-4-6-13/h2-9,28H,1H3,(H,27,31). The molecule has 0 saturated carbocycles. The highest BCUT2D eigenvalue weighted by Crippen LogP contribution is 2.24. The number of amides is 1. The van der Waals surface area contributed by atoms with Gasteiger partial charge in [-0.3, -0.25) is 14.7 Å². The Morgan fingerprint density at radius 3 is 2.58 bits per heavy atom. The fourth-order valence-corrected chi connectivity index (χ4v) is 3.30. The molecule has 0 aliphatic rings. The number of aryl methyl sites for hydroxylation is 1. The quantitative estimate of drug-likeness (QED) is 0.534. The van der Waals surface area contributed by atoms with Crippen molar-refractivity contribution in [2.24, 2.45) is 0 Å². The van der Waals surface area contributed by atoms with Crippen LogP contribution in [0.4, 0.5) is 10.1 Å². The van der Waals surface area contributed by atoms with Crippen LogP contribution >= 0.6 is 0 Å². The first kappa shape index (κ1) is 19.6. The van der Waals surface area contributed by atoms with Crippen LogP contribution in [0.1, 0.15) is 27.3 Å². The molecule has 0 saturated heterocycles. The number of rotatable bonds is 3. The van der Waals surface area contributed by atoms with E-state index in [0.29, 0.717) is 11.3 Å². The molecule has 31 heavy (non-hydrogen) atoms. The van der Waals surface area contributed by atoms with Gasteiger partial charge in [0.1, 0.15) is 29.2 Å². The fourth-order valence-electron chi connectivity index (χ4n) is 3.30. The van der Waals surface area contributed by atoms with Crippen LogP contribution in [0.3, 0.4) is 0 Å². The van der Waals surface area contributed by atoms with Crippen molar-refractivity contribution >= 4 is 17.2 Å². The van der Waals surface area contributed by atoms with Crippen LogP contribution in [0.15, 0.2) is 53.3 Å². The van der Waals surface area contributed by atoms with Crippen molar-refractivity contribution in [2.75, 3.05) is 5.32 Å². The zero-order valence-corrected chi connectivity index (χ0v) is 16.1. The lowest BCUT2D eigenvalue weighted by atomic mass is 10.1. The summed E-state index contributed by atoms with van der Waals surface area (Å²) in [5, 5.41) is 24.1. The number of hydrogen-bond donors (Lipinski definition) is 2. The average molecular weight is 412 g/mol. The molecular weight excluding hydrogens is 399 g/mol. The lowest BCUT2D eigenvalue weighted by molar-refractivity contribution is 0.102. The molecule has 150 valence electrons. The van der Waals surface area contributed by atoms with Crippen molar-refractivity contribution < 1.29 is 9.18 Å². The number of nitrogens with zero attached hydrogens (tertiary/aromatic N) is 4. The van der Waals surface area contributed by atoms with Crippen molar-refractivity contribution in [2.45, 2.75) is 6.92 Å². The number of nitriles is 2. The molecule has 0 atom stereocenters. The van der Waals surface area contributed by atoms with Gasteiger partial charge in [-0.2, -0.15) is 10.5 Å². The molecule has 2 aromatic carbocycles. The van der Waals surface area contributed by atoms with Crippen LogP contribution < -0.4 is 10.7 Å². The van der Waals surface area contributed by atoms with Crippen LogP contribution in [0.2, 0.25) is 0 Å². The molecule has 0 radical (unpaired) electrons. The second kappa shape index (κ2) is 7.58. The lowest BCUT2D eigenvalue weighted by Crippen LogP contribution is -2.26. The van der Waals surface area contributed by atoms with E-state index >= 15 is 0 Å². The van der Waals surface area contributed by atoms with Gasteiger partial charge in [0, 0.05) is 11.3 Å². The highest BCUT2D eigenvalue weighted by Gasteiger charge is 2.23. The number of H-pyrrole nitrogens is 1. The molecule has 1 amide bonds. The number of carbonyl (C=O) groups excluding carboxylic acids is 1. The summed E-state index contributed by atoms with van der Waals surface area (Å²) in [5.41, 5.74) is 0.283. The Balaban J connectivity index is 1.86. The van der Waals surface area contributed by atoms with Crippen molar-refractivity contribution in [1.29, 1.82) is 10.5 Å². The van der Waals surface area contributed by atoms with Gasteiger partial charge in [0.2, 0.25) is 11.1 Å². The normalized spacial score (nSPS) is 10.5. The molecule has 2 heterocycles. The van der Waals surface area contributed by atoms with Crippen LogP contribution in [-0.4, -0.2) is 20.5 Å². The first-order valence-electron chi connectivity index (χ1n) is 9.06. The first-order chi connectivity index (χ1) is 14.9. The third kappa shape index (κ3) is 3.30. The number of halogens is 1. The lowest BCUT2D eigenvalue weighted by Gasteiger charge is -2.10. The van der Waals surface area contributed by atoms with E-state index in [9.17, 15) is 19.2 Å². The Morgan fingerprint density at radius 2 is 1.90 bits per heavy atom. The van der Waals surface area contributed by atoms with Crippen molar-refractivity contribution in [1.82, 2.24) is 14.6 Å². The third-order valence-electron chi connectivity index (χ3n) is 4.69. The molecule has 9 heteroatoms. The Bertz CT molecular complexity index is 1490. The Labute approximate surface area is 174 Å². The first-order valence-corrected chi connectivity index (χ1v) is 9.06. The number of anilines is 1. The van der Waals surface area contributed by atoms with Gasteiger partial charge in [0.05, 0.1) is 11.3 Å². The van der Waals surface area contributed by atoms with E-state index in [1.807, 2.05) is 12.1 Å². The van der Waals surface area contributed by atoms with Crippen molar-refractivity contribution in [3.05, 3.63) is 87.1 Å². The summed E-state index contributed by atoms with van der Waals surface area (Å²) in [5.74, 6) is -1.41. The molecule has 0 aliphatic carbocycles. The maximum atomic E-state index is 13.4. The predicted molar refractivity (Wildman–Crippen MR) is 110 cm³/mol. The Kier molecular flexibility index (Phi) is 4.78. The molecule has 8 nitrogen and oxygen atoms in total. The molecule has 2 N–H and O–H groups in total. The topological polar surface area (TPSA) is 127 Å². The zero-order chi connectivity index (χ0) is 22.1. The number of fused-ring (bicyclic) bond motifs is 1. The molecule has 4 rings (SSSR count).